The molecule has 33 heavy (non-hydrogen) atoms. The molecule has 0 N–H and O–H groups in total. The third-order valence-electron chi connectivity index (χ3n) is 4.95. The van der Waals surface area contributed by atoms with E-state index in [9.17, 15) is 4.79 Å². The van der Waals surface area contributed by atoms with E-state index in [1.165, 1.54) is 7.11 Å². The second-order valence-electron chi connectivity index (χ2n) is 7.02. The summed E-state index contributed by atoms with van der Waals surface area (Å²) in [6.07, 6.45) is -0.0605. The number of hydrogen-bond donors (Lipinski definition) is 0. The lowest BCUT2D eigenvalue weighted by molar-refractivity contribution is -0.139. The Hall–Kier alpha value is -4.54. The van der Waals surface area contributed by atoms with Gasteiger partial charge >= 0.3 is 5.97 Å². The molecule has 11 heteroatoms. The van der Waals surface area contributed by atoms with Crippen LogP contribution in [0.15, 0.2) is 54.6 Å². The lowest BCUT2D eigenvalue weighted by Crippen LogP contribution is -2.06. The van der Waals surface area contributed by atoms with Crippen molar-refractivity contribution < 1.29 is 19.0 Å². The topological polar surface area (TPSA) is 119 Å². The summed E-state index contributed by atoms with van der Waals surface area (Å²) in [5, 5.41) is 17.6. The molecule has 0 spiro atoms. The molecule has 3 aromatic heterocycles. The molecular formula is C22H19N7O4. The van der Waals surface area contributed by atoms with E-state index >= 15 is 0 Å². The lowest BCUT2D eigenvalue weighted by Gasteiger charge is -2.05. The van der Waals surface area contributed by atoms with E-state index in [2.05, 4.69) is 25.4 Å². The lowest BCUT2D eigenvalue weighted by atomic mass is 10.3. The van der Waals surface area contributed by atoms with Crippen LogP contribution in [0.3, 0.4) is 0 Å². The van der Waals surface area contributed by atoms with Crippen LogP contribution < -0.4 is 9.47 Å². The van der Waals surface area contributed by atoms with E-state index < -0.39 is 5.97 Å². The molecule has 166 valence electrons. The number of benzene rings is 2. The maximum absolute atomic E-state index is 12.0. The van der Waals surface area contributed by atoms with Crippen molar-refractivity contribution in [2.24, 2.45) is 0 Å². The quantitative estimate of drug-likeness (QED) is 0.347. The number of ether oxygens (including phenoxy) is 3. The Balaban J connectivity index is 1.61. The molecule has 5 rings (SSSR count). The smallest absolute Gasteiger partial charge is 0.311 e. The van der Waals surface area contributed by atoms with Crippen LogP contribution in [0.1, 0.15) is 11.5 Å². The van der Waals surface area contributed by atoms with E-state index in [-0.39, 0.29) is 18.8 Å². The molecule has 3 heterocycles. The van der Waals surface area contributed by atoms with Gasteiger partial charge in [0.1, 0.15) is 23.8 Å². The number of aromatic nitrogens is 7. The summed E-state index contributed by atoms with van der Waals surface area (Å²) in [6.45, 7) is 0.153. The first-order valence-corrected chi connectivity index (χ1v) is 10.1. The minimum atomic E-state index is -0.436. The third-order valence-corrected chi connectivity index (χ3v) is 4.95. The zero-order chi connectivity index (χ0) is 22.8. The molecule has 0 amide bonds. The van der Waals surface area contributed by atoms with Crippen LogP contribution in [0.4, 0.5) is 0 Å². The number of nitrogens with zero attached hydrogens (tertiary/aromatic N) is 7. The van der Waals surface area contributed by atoms with Crippen molar-refractivity contribution in [1.82, 2.24) is 34.6 Å². The van der Waals surface area contributed by atoms with Gasteiger partial charge in [0.05, 0.1) is 26.3 Å². The number of para-hydroxylation sites is 1. The Morgan fingerprint density at radius 3 is 2.45 bits per heavy atom. The van der Waals surface area contributed by atoms with E-state index in [0.717, 1.165) is 5.69 Å². The molecule has 0 unspecified atom stereocenters. The zero-order valence-electron chi connectivity index (χ0n) is 17.9. The second-order valence-corrected chi connectivity index (χ2v) is 7.02. The van der Waals surface area contributed by atoms with Crippen LogP contribution in [0.5, 0.6) is 11.5 Å². The third kappa shape index (κ3) is 3.91. The number of carbonyl (C=O) groups is 1. The van der Waals surface area contributed by atoms with E-state index in [1.807, 2.05) is 54.6 Å². The minimum Gasteiger partial charge on any atom is -0.497 e. The first kappa shape index (κ1) is 20.4. The van der Waals surface area contributed by atoms with Gasteiger partial charge in [-0.15, -0.1) is 15.3 Å². The number of hydrogen-bond acceptors (Lipinski definition) is 9. The number of esters is 1. The van der Waals surface area contributed by atoms with Gasteiger partial charge < -0.3 is 14.2 Å². The van der Waals surface area contributed by atoms with Crippen molar-refractivity contribution >= 4 is 22.9 Å². The van der Waals surface area contributed by atoms with Crippen molar-refractivity contribution in [3.8, 4) is 17.2 Å². The number of rotatable bonds is 7. The fourth-order valence-electron chi connectivity index (χ4n) is 3.34. The van der Waals surface area contributed by atoms with Gasteiger partial charge in [0.25, 0.3) is 5.78 Å². The van der Waals surface area contributed by atoms with Crippen molar-refractivity contribution in [1.29, 1.82) is 0 Å². The van der Waals surface area contributed by atoms with Crippen molar-refractivity contribution in [2.75, 3.05) is 14.2 Å². The normalized spacial score (nSPS) is 11.1. The molecule has 0 radical (unpaired) electrons. The molecule has 0 fully saturated rings. The van der Waals surface area contributed by atoms with Crippen LogP contribution in [0, 0.1) is 0 Å². The van der Waals surface area contributed by atoms with Crippen LogP contribution in [-0.2, 0) is 22.6 Å². The summed E-state index contributed by atoms with van der Waals surface area (Å²) >= 11 is 0. The van der Waals surface area contributed by atoms with Crippen LogP contribution in [0.2, 0.25) is 0 Å². The molecule has 0 bridgehead atoms. The predicted molar refractivity (Wildman–Crippen MR) is 116 cm³/mol. The highest BCUT2D eigenvalue weighted by molar-refractivity contribution is 5.82. The molecule has 0 aliphatic rings. The van der Waals surface area contributed by atoms with Gasteiger partial charge in [0.2, 0.25) is 0 Å². The Labute approximate surface area is 187 Å². The van der Waals surface area contributed by atoms with E-state index in [4.69, 9.17) is 14.2 Å². The fourth-order valence-corrected chi connectivity index (χ4v) is 3.34. The Bertz CT molecular complexity index is 1430. The van der Waals surface area contributed by atoms with Crippen molar-refractivity contribution in [2.45, 2.75) is 13.0 Å². The summed E-state index contributed by atoms with van der Waals surface area (Å²) in [6, 6.07) is 16.7. The molecule has 0 saturated carbocycles. The highest BCUT2D eigenvalue weighted by Crippen LogP contribution is 2.23. The van der Waals surface area contributed by atoms with Gasteiger partial charge in [-0.3, -0.25) is 4.79 Å². The standard InChI is InChI=1S/C22H19N7O4/c1-31-15-10-8-14(9-11-15)28-21-20(17(26-28)12-19(30)32-2)24-25-22-23-18(27-29(21)22)13-33-16-6-4-3-5-7-16/h3-11H,12-13H2,1-2H3. The summed E-state index contributed by atoms with van der Waals surface area (Å²) in [4.78, 5) is 16.4. The number of carbonyl (C=O) groups excluding carboxylic acids is 1. The monoisotopic (exact) mass is 445 g/mol. The van der Waals surface area contributed by atoms with Gasteiger partial charge in [-0.1, -0.05) is 18.2 Å². The van der Waals surface area contributed by atoms with Gasteiger partial charge in [-0.05, 0) is 36.4 Å². The largest absolute Gasteiger partial charge is 0.497 e. The average Bonchev–Trinajstić information content (AvgIpc) is 3.44. The number of methoxy groups -OCH3 is 2. The molecular weight excluding hydrogens is 426 g/mol. The Morgan fingerprint density at radius 2 is 1.73 bits per heavy atom. The maximum Gasteiger partial charge on any atom is 0.311 e. The molecule has 5 aromatic rings. The van der Waals surface area contributed by atoms with Gasteiger partial charge in [0, 0.05) is 0 Å². The number of fused-ring (bicyclic) bond motifs is 3. The van der Waals surface area contributed by atoms with Crippen LogP contribution in [0.25, 0.3) is 22.6 Å². The molecule has 0 saturated heterocycles. The highest BCUT2D eigenvalue weighted by atomic mass is 16.5. The van der Waals surface area contributed by atoms with Crippen molar-refractivity contribution in [3.05, 3.63) is 66.1 Å². The predicted octanol–water partition coefficient (Wildman–Crippen LogP) is 2.16. The van der Waals surface area contributed by atoms with Crippen molar-refractivity contribution in [3.63, 3.8) is 0 Å². The SMILES string of the molecule is COC(=O)Cc1nn(-c2ccc(OC)cc2)c2c1nnc1nc(COc3ccccc3)nn12. The summed E-state index contributed by atoms with van der Waals surface area (Å²) in [7, 11) is 2.92. The maximum atomic E-state index is 12.0. The zero-order valence-corrected chi connectivity index (χ0v) is 17.9. The summed E-state index contributed by atoms with van der Waals surface area (Å²) < 4.78 is 19.0. The van der Waals surface area contributed by atoms with E-state index in [0.29, 0.717) is 34.2 Å². The fraction of sp³-hybridized carbons (Fsp3) is 0.182. The van der Waals surface area contributed by atoms with Crippen LogP contribution in [-0.4, -0.2) is 54.8 Å². The molecule has 0 atom stereocenters. The molecule has 0 aliphatic heterocycles. The Morgan fingerprint density at radius 1 is 0.939 bits per heavy atom. The molecule has 0 aliphatic carbocycles. The highest BCUT2D eigenvalue weighted by Gasteiger charge is 2.22. The molecule has 2 aromatic carbocycles. The summed E-state index contributed by atoms with van der Waals surface area (Å²) in [5.41, 5.74) is 2.08. The molecule has 11 nitrogen and oxygen atoms in total. The first-order valence-electron chi connectivity index (χ1n) is 10.1. The first-order chi connectivity index (χ1) is 16.2. The Kier molecular flexibility index (Phi) is 5.27. The van der Waals surface area contributed by atoms with Gasteiger partial charge in [-0.25, -0.2) is 4.68 Å². The van der Waals surface area contributed by atoms with Gasteiger partial charge in [-0.2, -0.15) is 14.6 Å². The summed E-state index contributed by atoms with van der Waals surface area (Å²) in [5.74, 6) is 1.69. The van der Waals surface area contributed by atoms with Crippen LogP contribution >= 0.6 is 0 Å². The van der Waals surface area contributed by atoms with Gasteiger partial charge in [0.15, 0.2) is 17.0 Å². The second kappa shape index (κ2) is 8.54. The van der Waals surface area contributed by atoms with E-state index in [1.54, 1.807) is 16.3 Å². The minimum absolute atomic E-state index is 0.0605. The average molecular weight is 445 g/mol.